The van der Waals surface area contributed by atoms with Gasteiger partial charge in [0.1, 0.15) is 18.1 Å². The molecular weight excluding hydrogens is 332 g/mol. The first-order valence-corrected chi connectivity index (χ1v) is 8.45. The van der Waals surface area contributed by atoms with Gasteiger partial charge in [-0.2, -0.15) is 0 Å². The van der Waals surface area contributed by atoms with Crippen molar-refractivity contribution < 1.29 is 19.1 Å². The van der Waals surface area contributed by atoms with Crippen molar-refractivity contribution in [1.82, 2.24) is 5.32 Å². The fraction of sp³-hybridized carbons (Fsp3) is 0.300. The van der Waals surface area contributed by atoms with Gasteiger partial charge < -0.3 is 20.1 Å². The average molecular weight is 356 g/mol. The lowest BCUT2D eigenvalue weighted by Gasteiger charge is -2.10. The maximum absolute atomic E-state index is 11.9. The maximum Gasteiger partial charge on any atom is 0.313 e. The van der Waals surface area contributed by atoms with Crippen LogP contribution in [0.5, 0.6) is 11.5 Å². The largest absolute Gasteiger partial charge is 0.497 e. The molecule has 0 saturated heterocycles. The van der Waals surface area contributed by atoms with Gasteiger partial charge in [-0.05, 0) is 47.9 Å². The Balaban J connectivity index is 1.72. The fourth-order valence-electron chi connectivity index (χ4n) is 2.22. The summed E-state index contributed by atoms with van der Waals surface area (Å²) >= 11 is 0. The molecule has 2 N–H and O–H groups in total. The number of nitrogens with one attached hydrogen (secondary N) is 2. The van der Waals surface area contributed by atoms with E-state index in [0.29, 0.717) is 17.4 Å². The van der Waals surface area contributed by atoms with E-state index in [1.54, 1.807) is 43.5 Å². The van der Waals surface area contributed by atoms with E-state index in [2.05, 4.69) is 24.5 Å². The van der Waals surface area contributed by atoms with Gasteiger partial charge in [0.25, 0.3) is 0 Å². The number of benzene rings is 2. The molecule has 0 radical (unpaired) electrons. The Hall–Kier alpha value is -3.02. The molecule has 2 aromatic rings. The summed E-state index contributed by atoms with van der Waals surface area (Å²) in [7, 11) is 1.59. The molecule has 2 amide bonds. The molecule has 6 nitrogen and oxygen atoms in total. The number of amides is 2. The van der Waals surface area contributed by atoms with E-state index in [4.69, 9.17) is 9.47 Å². The zero-order chi connectivity index (χ0) is 18.9. The Bertz CT molecular complexity index is 724. The van der Waals surface area contributed by atoms with Gasteiger partial charge in [-0.1, -0.05) is 26.0 Å². The molecule has 0 aliphatic rings. The van der Waals surface area contributed by atoms with Crippen LogP contribution in [0, 0.1) is 0 Å². The molecule has 0 unspecified atom stereocenters. The Labute approximate surface area is 153 Å². The summed E-state index contributed by atoms with van der Waals surface area (Å²) < 4.78 is 10.5. The van der Waals surface area contributed by atoms with Crippen molar-refractivity contribution in [2.75, 3.05) is 25.6 Å². The van der Waals surface area contributed by atoms with Crippen molar-refractivity contribution in [3.8, 4) is 11.5 Å². The van der Waals surface area contributed by atoms with Crippen LogP contribution in [0.2, 0.25) is 0 Å². The van der Waals surface area contributed by atoms with E-state index in [9.17, 15) is 9.59 Å². The predicted molar refractivity (Wildman–Crippen MR) is 101 cm³/mol. The van der Waals surface area contributed by atoms with Crippen LogP contribution in [0.3, 0.4) is 0 Å². The van der Waals surface area contributed by atoms with E-state index in [1.165, 1.54) is 5.56 Å². The molecule has 0 aliphatic carbocycles. The van der Waals surface area contributed by atoms with Crippen molar-refractivity contribution in [2.45, 2.75) is 19.8 Å². The quantitative estimate of drug-likeness (QED) is 0.591. The first-order valence-electron chi connectivity index (χ1n) is 8.45. The number of rotatable bonds is 7. The molecule has 0 saturated carbocycles. The van der Waals surface area contributed by atoms with E-state index in [-0.39, 0.29) is 13.2 Å². The third-order valence-electron chi connectivity index (χ3n) is 3.76. The van der Waals surface area contributed by atoms with Crippen LogP contribution in [0.15, 0.2) is 48.5 Å². The van der Waals surface area contributed by atoms with Crippen LogP contribution < -0.4 is 20.1 Å². The first kappa shape index (κ1) is 19.3. The van der Waals surface area contributed by atoms with E-state index in [1.807, 2.05) is 12.1 Å². The molecular formula is C20H24N2O4. The molecule has 0 spiro atoms. The summed E-state index contributed by atoms with van der Waals surface area (Å²) in [5.74, 6) is 0.412. The van der Waals surface area contributed by atoms with E-state index >= 15 is 0 Å². The number of hydrogen-bond acceptors (Lipinski definition) is 4. The van der Waals surface area contributed by atoms with Gasteiger partial charge >= 0.3 is 11.8 Å². The molecule has 0 aliphatic heterocycles. The minimum Gasteiger partial charge on any atom is -0.497 e. The van der Waals surface area contributed by atoms with Gasteiger partial charge in [0.15, 0.2) is 0 Å². The summed E-state index contributed by atoms with van der Waals surface area (Å²) in [6.45, 7) is 4.67. The molecule has 0 bridgehead atoms. The molecule has 26 heavy (non-hydrogen) atoms. The van der Waals surface area contributed by atoms with Crippen molar-refractivity contribution in [3.05, 3.63) is 54.1 Å². The van der Waals surface area contributed by atoms with Gasteiger partial charge in [-0.3, -0.25) is 9.59 Å². The summed E-state index contributed by atoms with van der Waals surface area (Å²) in [6, 6.07) is 14.5. The Morgan fingerprint density at radius 3 is 2.12 bits per heavy atom. The zero-order valence-electron chi connectivity index (χ0n) is 15.2. The second-order valence-electron chi connectivity index (χ2n) is 6.01. The molecule has 0 heterocycles. The van der Waals surface area contributed by atoms with Crippen LogP contribution in [-0.2, 0) is 9.59 Å². The number of carbonyl (C=O) groups excluding carboxylic acids is 2. The molecule has 2 rings (SSSR count). The molecule has 2 aromatic carbocycles. The topological polar surface area (TPSA) is 76.7 Å². The van der Waals surface area contributed by atoms with Gasteiger partial charge in [-0.25, -0.2) is 0 Å². The Morgan fingerprint density at radius 2 is 1.54 bits per heavy atom. The minimum atomic E-state index is -0.702. The van der Waals surface area contributed by atoms with Crippen LogP contribution in [0.25, 0.3) is 0 Å². The number of anilines is 1. The monoisotopic (exact) mass is 356 g/mol. The van der Waals surface area contributed by atoms with Crippen molar-refractivity contribution >= 4 is 17.5 Å². The lowest BCUT2D eigenvalue weighted by molar-refractivity contribution is -0.136. The van der Waals surface area contributed by atoms with Crippen LogP contribution in [-0.4, -0.2) is 32.1 Å². The SMILES string of the molecule is COc1ccc(OCCNC(=O)C(=O)Nc2ccc(C(C)C)cc2)cc1. The standard InChI is InChI=1S/C20H24N2O4/c1-14(2)15-4-6-16(7-5-15)22-20(24)19(23)21-12-13-26-18-10-8-17(25-3)9-11-18/h4-11,14H,12-13H2,1-3H3,(H,21,23)(H,22,24). The lowest BCUT2D eigenvalue weighted by atomic mass is 10.0. The number of carbonyl (C=O) groups is 2. The van der Waals surface area contributed by atoms with Crippen molar-refractivity contribution in [3.63, 3.8) is 0 Å². The smallest absolute Gasteiger partial charge is 0.313 e. The second-order valence-corrected chi connectivity index (χ2v) is 6.01. The van der Waals surface area contributed by atoms with E-state index in [0.717, 1.165) is 5.75 Å². The summed E-state index contributed by atoms with van der Waals surface area (Å²) in [5, 5.41) is 5.10. The molecule has 0 atom stereocenters. The molecule has 0 fully saturated rings. The molecule has 6 heteroatoms. The Kier molecular flexibility index (Phi) is 7.02. The highest BCUT2D eigenvalue weighted by Gasteiger charge is 2.13. The highest BCUT2D eigenvalue weighted by atomic mass is 16.5. The number of methoxy groups -OCH3 is 1. The maximum atomic E-state index is 11.9. The summed E-state index contributed by atoms with van der Waals surface area (Å²) in [6.07, 6.45) is 0. The van der Waals surface area contributed by atoms with Crippen molar-refractivity contribution in [1.29, 1.82) is 0 Å². The van der Waals surface area contributed by atoms with Crippen LogP contribution in [0.4, 0.5) is 5.69 Å². The first-order chi connectivity index (χ1) is 12.5. The predicted octanol–water partition coefficient (Wildman–Crippen LogP) is 2.95. The summed E-state index contributed by atoms with van der Waals surface area (Å²) in [5.41, 5.74) is 1.76. The Morgan fingerprint density at radius 1 is 0.923 bits per heavy atom. The highest BCUT2D eigenvalue weighted by Crippen LogP contribution is 2.17. The summed E-state index contributed by atoms with van der Waals surface area (Å²) in [4.78, 5) is 23.7. The molecule has 138 valence electrons. The highest BCUT2D eigenvalue weighted by molar-refractivity contribution is 6.39. The van der Waals surface area contributed by atoms with Crippen LogP contribution in [0.1, 0.15) is 25.3 Å². The second kappa shape index (κ2) is 9.46. The zero-order valence-corrected chi connectivity index (χ0v) is 15.2. The number of hydrogen-bond donors (Lipinski definition) is 2. The normalized spacial score (nSPS) is 10.3. The minimum absolute atomic E-state index is 0.227. The van der Waals surface area contributed by atoms with Gasteiger partial charge in [-0.15, -0.1) is 0 Å². The van der Waals surface area contributed by atoms with Gasteiger partial charge in [0.2, 0.25) is 0 Å². The lowest BCUT2D eigenvalue weighted by Crippen LogP contribution is -2.37. The molecule has 0 aromatic heterocycles. The third kappa shape index (κ3) is 5.81. The number of ether oxygens (including phenoxy) is 2. The third-order valence-corrected chi connectivity index (χ3v) is 3.76. The van der Waals surface area contributed by atoms with Gasteiger partial charge in [0, 0.05) is 5.69 Å². The van der Waals surface area contributed by atoms with Crippen molar-refractivity contribution in [2.24, 2.45) is 0 Å². The van der Waals surface area contributed by atoms with E-state index < -0.39 is 11.8 Å². The average Bonchev–Trinajstić information content (AvgIpc) is 2.66. The van der Waals surface area contributed by atoms with Gasteiger partial charge in [0.05, 0.1) is 13.7 Å². The fourth-order valence-corrected chi connectivity index (χ4v) is 2.22. The van der Waals surface area contributed by atoms with Crippen LogP contribution >= 0.6 is 0 Å².